The molecule has 1 aliphatic heterocycles. The topological polar surface area (TPSA) is 45.2 Å². The number of rotatable bonds is 4. The molecule has 1 N–H and O–H groups in total. The Kier molecular flexibility index (Phi) is 5.53. The minimum Gasteiger partial charge on any atom is -0.329 e. The highest BCUT2D eigenvalue weighted by atomic mass is 32.2. The summed E-state index contributed by atoms with van der Waals surface area (Å²) in [7, 11) is 0. The number of nitrogens with one attached hydrogen (secondary N) is 1. The summed E-state index contributed by atoms with van der Waals surface area (Å²) in [6.07, 6.45) is 3.61. The molecule has 0 bridgehead atoms. The van der Waals surface area contributed by atoms with Gasteiger partial charge in [0.1, 0.15) is 0 Å². The van der Waals surface area contributed by atoms with Crippen molar-refractivity contribution >= 4 is 17.7 Å². The maximum absolute atomic E-state index is 13.0. The molecule has 1 aliphatic rings. The lowest BCUT2D eigenvalue weighted by molar-refractivity contribution is 0.0634. The average Bonchev–Trinajstić information content (AvgIpc) is 2.62. The molecule has 1 fully saturated rings. The van der Waals surface area contributed by atoms with Crippen molar-refractivity contribution in [1.29, 1.82) is 0 Å². The second kappa shape index (κ2) is 7.81. The van der Waals surface area contributed by atoms with E-state index in [-0.39, 0.29) is 11.9 Å². The lowest BCUT2D eigenvalue weighted by Crippen LogP contribution is -2.48. The number of pyridine rings is 1. The van der Waals surface area contributed by atoms with Gasteiger partial charge < -0.3 is 10.2 Å². The number of piperazine rings is 1. The van der Waals surface area contributed by atoms with Gasteiger partial charge in [-0.05, 0) is 35.9 Å². The molecule has 2 heterocycles. The average molecular weight is 341 g/mol. The van der Waals surface area contributed by atoms with Crippen molar-refractivity contribution in [2.45, 2.75) is 30.0 Å². The molecule has 0 aliphatic carbocycles. The van der Waals surface area contributed by atoms with Gasteiger partial charge in [0.05, 0.1) is 6.04 Å². The molecule has 4 nitrogen and oxygen atoms in total. The van der Waals surface area contributed by atoms with Gasteiger partial charge in [-0.1, -0.05) is 19.9 Å². The summed E-state index contributed by atoms with van der Waals surface area (Å²) in [6, 6.07) is 11.9. The highest BCUT2D eigenvalue weighted by molar-refractivity contribution is 7.99. The first kappa shape index (κ1) is 17.0. The number of thioether (sulfide) groups is 1. The van der Waals surface area contributed by atoms with E-state index in [2.05, 4.69) is 24.1 Å². The normalized spacial score (nSPS) is 18.0. The molecule has 1 saturated heterocycles. The molecule has 24 heavy (non-hydrogen) atoms. The van der Waals surface area contributed by atoms with Gasteiger partial charge in [0.15, 0.2) is 0 Å². The van der Waals surface area contributed by atoms with Gasteiger partial charge in [0, 0.05) is 47.7 Å². The Labute approximate surface area is 147 Å². The van der Waals surface area contributed by atoms with Crippen molar-refractivity contribution in [3.63, 3.8) is 0 Å². The Bertz CT molecular complexity index is 673. The van der Waals surface area contributed by atoms with E-state index in [1.165, 1.54) is 4.90 Å². The zero-order valence-electron chi connectivity index (χ0n) is 14.1. The van der Waals surface area contributed by atoms with E-state index in [1.54, 1.807) is 6.20 Å². The third kappa shape index (κ3) is 3.97. The van der Waals surface area contributed by atoms with E-state index >= 15 is 0 Å². The zero-order valence-corrected chi connectivity index (χ0v) is 14.9. The lowest BCUT2D eigenvalue weighted by Gasteiger charge is -2.36. The zero-order chi connectivity index (χ0) is 16.9. The van der Waals surface area contributed by atoms with Gasteiger partial charge in [-0.2, -0.15) is 0 Å². The number of benzene rings is 1. The highest BCUT2D eigenvalue weighted by Gasteiger charge is 2.28. The molecule has 1 amide bonds. The van der Waals surface area contributed by atoms with Crippen LogP contribution in [-0.4, -0.2) is 40.7 Å². The van der Waals surface area contributed by atoms with Crippen molar-refractivity contribution in [1.82, 2.24) is 15.2 Å². The van der Waals surface area contributed by atoms with Gasteiger partial charge >= 0.3 is 0 Å². The van der Waals surface area contributed by atoms with Crippen molar-refractivity contribution in [3.8, 4) is 0 Å². The fourth-order valence-corrected chi connectivity index (χ4v) is 3.77. The van der Waals surface area contributed by atoms with Gasteiger partial charge in [0.25, 0.3) is 5.91 Å². The van der Waals surface area contributed by atoms with Gasteiger partial charge in [0.2, 0.25) is 0 Å². The fraction of sp³-hybridized carbons (Fsp3) is 0.368. The second-order valence-corrected chi connectivity index (χ2v) is 7.85. The summed E-state index contributed by atoms with van der Waals surface area (Å²) in [5.74, 6) is 0.0893. The summed E-state index contributed by atoms with van der Waals surface area (Å²) < 4.78 is 0. The molecule has 0 spiro atoms. The van der Waals surface area contributed by atoms with Crippen molar-refractivity contribution in [3.05, 3.63) is 59.9 Å². The Morgan fingerprint density at radius 3 is 2.75 bits per heavy atom. The van der Waals surface area contributed by atoms with Crippen molar-refractivity contribution in [2.75, 3.05) is 19.6 Å². The monoisotopic (exact) mass is 341 g/mol. The van der Waals surface area contributed by atoms with Crippen LogP contribution in [0.5, 0.6) is 0 Å². The SMILES string of the molecule is CC(C)Sc1ccc(C(=O)N2CCNCC2c2cccnc2)cc1. The van der Waals surface area contributed by atoms with E-state index < -0.39 is 0 Å². The predicted molar refractivity (Wildman–Crippen MR) is 98.3 cm³/mol. The number of amides is 1. The number of hydrogen-bond acceptors (Lipinski definition) is 4. The van der Waals surface area contributed by atoms with Crippen LogP contribution >= 0.6 is 11.8 Å². The predicted octanol–water partition coefficient (Wildman–Crippen LogP) is 3.37. The van der Waals surface area contributed by atoms with Crippen LogP contribution in [0.15, 0.2) is 53.7 Å². The Hall–Kier alpha value is -1.85. The Morgan fingerprint density at radius 2 is 2.08 bits per heavy atom. The van der Waals surface area contributed by atoms with E-state index in [1.807, 2.05) is 59.3 Å². The molecule has 0 radical (unpaired) electrons. The number of hydrogen-bond donors (Lipinski definition) is 1. The van der Waals surface area contributed by atoms with Crippen molar-refractivity contribution < 1.29 is 4.79 Å². The molecular weight excluding hydrogens is 318 g/mol. The molecule has 0 saturated carbocycles. The number of carbonyl (C=O) groups excluding carboxylic acids is 1. The Morgan fingerprint density at radius 1 is 1.29 bits per heavy atom. The van der Waals surface area contributed by atoms with E-state index in [0.717, 1.165) is 24.2 Å². The van der Waals surface area contributed by atoms with Crippen LogP contribution in [0, 0.1) is 0 Å². The first-order chi connectivity index (χ1) is 11.6. The second-order valence-electron chi connectivity index (χ2n) is 6.20. The smallest absolute Gasteiger partial charge is 0.254 e. The number of carbonyl (C=O) groups is 1. The van der Waals surface area contributed by atoms with E-state index in [0.29, 0.717) is 11.8 Å². The maximum Gasteiger partial charge on any atom is 0.254 e. The molecule has 1 unspecified atom stereocenters. The van der Waals surface area contributed by atoms with Crippen LogP contribution in [-0.2, 0) is 0 Å². The molecule has 126 valence electrons. The molecule has 5 heteroatoms. The Balaban J connectivity index is 1.79. The number of aromatic nitrogens is 1. The fourth-order valence-electron chi connectivity index (χ4n) is 2.93. The van der Waals surface area contributed by atoms with Crippen LogP contribution < -0.4 is 5.32 Å². The lowest BCUT2D eigenvalue weighted by atomic mass is 10.0. The van der Waals surface area contributed by atoms with E-state index in [4.69, 9.17) is 0 Å². The molecule has 3 rings (SSSR count). The third-order valence-corrected chi connectivity index (χ3v) is 5.06. The summed E-state index contributed by atoms with van der Waals surface area (Å²) in [5, 5.41) is 3.91. The summed E-state index contributed by atoms with van der Waals surface area (Å²) in [6.45, 7) is 6.63. The quantitative estimate of drug-likeness (QED) is 0.866. The maximum atomic E-state index is 13.0. The van der Waals surface area contributed by atoms with Gasteiger partial charge in [-0.25, -0.2) is 0 Å². The molecule has 2 aromatic rings. The van der Waals surface area contributed by atoms with E-state index in [9.17, 15) is 4.79 Å². The first-order valence-electron chi connectivity index (χ1n) is 8.33. The molecule has 1 aromatic carbocycles. The van der Waals surface area contributed by atoms with Gasteiger partial charge in [-0.3, -0.25) is 9.78 Å². The molecular formula is C19H23N3OS. The highest BCUT2D eigenvalue weighted by Crippen LogP contribution is 2.26. The van der Waals surface area contributed by atoms with Crippen LogP contribution in [0.1, 0.15) is 35.8 Å². The van der Waals surface area contributed by atoms with Crippen molar-refractivity contribution in [2.24, 2.45) is 0 Å². The third-order valence-electron chi connectivity index (χ3n) is 4.05. The minimum atomic E-state index is 0.0321. The van der Waals surface area contributed by atoms with Crippen LogP contribution in [0.3, 0.4) is 0 Å². The number of nitrogens with zero attached hydrogens (tertiary/aromatic N) is 2. The first-order valence-corrected chi connectivity index (χ1v) is 9.21. The van der Waals surface area contributed by atoms with Gasteiger partial charge in [-0.15, -0.1) is 11.8 Å². The van der Waals surface area contributed by atoms with Crippen LogP contribution in [0.4, 0.5) is 0 Å². The molecule has 1 atom stereocenters. The standard InChI is InChI=1S/C19H23N3OS/c1-14(2)24-17-7-5-15(6-8-17)19(23)22-11-10-21-13-18(22)16-4-3-9-20-12-16/h3-9,12,14,18,21H,10-11,13H2,1-2H3. The summed E-state index contributed by atoms with van der Waals surface area (Å²) in [5.41, 5.74) is 1.82. The van der Waals surface area contributed by atoms with Crippen LogP contribution in [0.25, 0.3) is 0 Å². The summed E-state index contributed by atoms with van der Waals surface area (Å²) in [4.78, 5) is 20.3. The minimum absolute atomic E-state index is 0.0321. The van der Waals surface area contributed by atoms with Crippen LogP contribution in [0.2, 0.25) is 0 Å². The largest absolute Gasteiger partial charge is 0.329 e. The molecule has 1 aromatic heterocycles. The summed E-state index contributed by atoms with van der Waals surface area (Å²) >= 11 is 1.81.